The Hall–Kier alpha value is -2.44. The van der Waals surface area contributed by atoms with Crippen LogP contribution >= 0.6 is 22.7 Å². The van der Waals surface area contributed by atoms with E-state index in [4.69, 9.17) is 0 Å². The van der Waals surface area contributed by atoms with Gasteiger partial charge in [0.05, 0.1) is 12.0 Å². The van der Waals surface area contributed by atoms with E-state index in [-0.39, 0.29) is 23.8 Å². The molecule has 31 heavy (non-hydrogen) atoms. The quantitative estimate of drug-likeness (QED) is 0.554. The van der Waals surface area contributed by atoms with Crippen molar-refractivity contribution >= 4 is 34.5 Å². The van der Waals surface area contributed by atoms with E-state index in [0.29, 0.717) is 12.1 Å². The third-order valence-electron chi connectivity index (χ3n) is 6.42. The van der Waals surface area contributed by atoms with Crippen molar-refractivity contribution in [1.82, 2.24) is 9.80 Å². The fourth-order valence-corrected chi connectivity index (χ4v) is 6.54. The number of hydrogen-bond acceptors (Lipinski definition) is 4. The second-order valence-corrected chi connectivity index (χ2v) is 10.4. The van der Waals surface area contributed by atoms with Crippen LogP contribution in [0.25, 0.3) is 0 Å². The number of likely N-dealkylation sites (tertiary alicyclic amines) is 1. The van der Waals surface area contributed by atoms with Crippen LogP contribution in [0.2, 0.25) is 0 Å². The van der Waals surface area contributed by atoms with Crippen LogP contribution in [-0.2, 0) is 11.2 Å². The highest BCUT2D eigenvalue weighted by Crippen LogP contribution is 2.40. The largest absolute Gasteiger partial charge is 0.338 e. The molecule has 1 aromatic carbocycles. The molecule has 2 aliphatic rings. The minimum absolute atomic E-state index is 0.00526. The average Bonchev–Trinajstić information content (AvgIpc) is 3.50. The van der Waals surface area contributed by atoms with E-state index in [1.54, 1.807) is 22.7 Å². The molecule has 0 N–H and O–H groups in total. The van der Waals surface area contributed by atoms with Gasteiger partial charge in [0, 0.05) is 35.0 Å². The highest BCUT2D eigenvalue weighted by Gasteiger charge is 2.38. The molecule has 4 nitrogen and oxygen atoms in total. The second kappa shape index (κ2) is 8.60. The molecular formula is C25H26N2O2S2. The third kappa shape index (κ3) is 3.94. The van der Waals surface area contributed by atoms with Gasteiger partial charge in [-0.1, -0.05) is 23.8 Å². The summed E-state index contributed by atoms with van der Waals surface area (Å²) in [5.74, 6) is 0.0912. The number of thiophene rings is 2. The molecule has 2 aliphatic heterocycles. The molecule has 0 radical (unpaired) electrons. The van der Waals surface area contributed by atoms with Crippen LogP contribution in [0.4, 0.5) is 0 Å². The fraction of sp³-hybridized carbons (Fsp3) is 0.360. The van der Waals surface area contributed by atoms with Gasteiger partial charge < -0.3 is 9.80 Å². The number of rotatable bonds is 3. The van der Waals surface area contributed by atoms with Gasteiger partial charge in [-0.05, 0) is 66.8 Å². The Morgan fingerprint density at radius 1 is 1.00 bits per heavy atom. The van der Waals surface area contributed by atoms with Crippen LogP contribution in [-0.4, -0.2) is 41.2 Å². The van der Waals surface area contributed by atoms with Crippen molar-refractivity contribution in [1.29, 1.82) is 0 Å². The summed E-state index contributed by atoms with van der Waals surface area (Å²) in [5.41, 5.74) is 3.12. The van der Waals surface area contributed by atoms with Gasteiger partial charge in [0.25, 0.3) is 5.91 Å². The lowest BCUT2D eigenvalue weighted by atomic mass is 9.92. The number of fused-ring (bicyclic) bond motifs is 1. The monoisotopic (exact) mass is 450 g/mol. The SMILES string of the molecule is Cc1ccc(C(=O)N2CCCC(C(=O)N3CCc4sccc4C3c3cccs3)C2)cc1. The van der Waals surface area contributed by atoms with Crippen LogP contribution in [0, 0.1) is 12.8 Å². The van der Waals surface area contributed by atoms with E-state index in [1.807, 2.05) is 36.1 Å². The van der Waals surface area contributed by atoms with Crippen molar-refractivity contribution in [3.05, 3.63) is 79.7 Å². The summed E-state index contributed by atoms with van der Waals surface area (Å²) in [6.07, 6.45) is 2.63. The molecule has 0 spiro atoms. The van der Waals surface area contributed by atoms with Gasteiger partial charge in [-0.3, -0.25) is 9.59 Å². The van der Waals surface area contributed by atoms with Crippen LogP contribution in [0.5, 0.6) is 0 Å². The molecule has 2 unspecified atom stereocenters. The van der Waals surface area contributed by atoms with Crippen molar-refractivity contribution in [2.75, 3.05) is 19.6 Å². The highest BCUT2D eigenvalue weighted by atomic mass is 32.1. The first-order valence-electron chi connectivity index (χ1n) is 10.9. The van der Waals surface area contributed by atoms with E-state index in [0.717, 1.165) is 37.9 Å². The van der Waals surface area contributed by atoms with Gasteiger partial charge in [0.2, 0.25) is 5.91 Å². The first kappa shape index (κ1) is 20.5. The summed E-state index contributed by atoms with van der Waals surface area (Å²) in [7, 11) is 0. The number of nitrogens with zero attached hydrogens (tertiary/aromatic N) is 2. The summed E-state index contributed by atoms with van der Waals surface area (Å²) in [4.78, 5) is 33.3. The molecule has 0 bridgehead atoms. The summed E-state index contributed by atoms with van der Waals surface area (Å²) >= 11 is 3.51. The first-order valence-corrected chi connectivity index (χ1v) is 12.6. The minimum Gasteiger partial charge on any atom is -0.338 e. The highest BCUT2D eigenvalue weighted by molar-refractivity contribution is 7.10. The Balaban J connectivity index is 1.36. The lowest BCUT2D eigenvalue weighted by Gasteiger charge is -2.40. The zero-order valence-electron chi connectivity index (χ0n) is 17.6. The van der Waals surface area contributed by atoms with E-state index >= 15 is 0 Å². The van der Waals surface area contributed by atoms with Gasteiger partial charge in [-0.15, -0.1) is 22.7 Å². The van der Waals surface area contributed by atoms with Crippen molar-refractivity contribution in [3.63, 3.8) is 0 Å². The van der Waals surface area contributed by atoms with Crippen LogP contribution < -0.4 is 0 Å². The maximum absolute atomic E-state index is 13.7. The predicted octanol–water partition coefficient (Wildman–Crippen LogP) is 5.14. The molecule has 1 saturated heterocycles. The summed E-state index contributed by atoms with van der Waals surface area (Å²) < 4.78 is 0. The fourth-order valence-electron chi connectivity index (χ4n) is 4.78. The first-order chi connectivity index (χ1) is 15.1. The lowest BCUT2D eigenvalue weighted by Crippen LogP contribution is -2.49. The number of aryl methyl sites for hydroxylation is 1. The number of piperidine rings is 1. The zero-order valence-corrected chi connectivity index (χ0v) is 19.3. The van der Waals surface area contributed by atoms with Crippen molar-refractivity contribution in [3.8, 4) is 0 Å². The summed E-state index contributed by atoms with van der Waals surface area (Å²) in [6, 6.07) is 14.1. The van der Waals surface area contributed by atoms with E-state index in [2.05, 4.69) is 33.9 Å². The smallest absolute Gasteiger partial charge is 0.253 e. The molecule has 6 heteroatoms. The molecule has 1 fully saturated rings. The Labute approximate surface area is 191 Å². The zero-order chi connectivity index (χ0) is 21.4. The number of benzene rings is 1. The number of carbonyl (C=O) groups excluding carboxylic acids is 2. The van der Waals surface area contributed by atoms with E-state index in [9.17, 15) is 9.59 Å². The minimum atomic E-state index is -0.134. The molecule has 2 amide bonds. The van der Waals surface area contributed by atoms with Crippen molar-refractivity contribution < 1.29 is 9.59 Å². The van der Waals surface area contributed by atoms with Crippen molar-refractivity contribution in [2.24, 2.45) is 5.92 Å². The predicted molar refractivity (Wildman–Crippen MR) is 126 cm³/mol. The number of amides is 2. The molecule has 160 valence electrons. The molecule has 4 heterocycles. The standard InChI is InChI=1S/C25H26N2O2S2/c1-17-6-8-18(9-7-17)24(28)26-12-2-4-19(16-26)25(29)27-13-10-21-20(11-15-31-21)23(27)22-5-3-14-30-22/h3,5-9,11,14-15,19,23H,2,4,10,12-13,16H2,1H3. The molecule has 0 saturated carbocycles. The molecular weight excluding hydrogens is 424 g/mol. The van der Waals surface area contributed by atoms with Gasteiger partial charge in [0.1, 0.15) is 0 Å². The Bertz CT molecular complexity index is 1070. The van der Waals surface area contributed by atoms with Crippen LogP contribution in [0.3, 0.4) is 0 Å². The molecule has 2 atom stereocenters. The second-order valence-electron chi connectivity index (χ2n) is 8.46. The maximum Gasteiger partial charge on any atom is 0.253 e. The van der Waals surface area contributed by atoms with Crippen molar-refractivity contribution in [2.45, 2.75) is 32.2 Å². The normalized spacial score (nSPS) is 21.1. The summed E-state index contributed by atoms with van der Waals surface area (Å²) in [5, 5.41) is 4.23. The Kier molecular flexibility index (Phi) is 5.67. The van der Waals surface area contributed by atoms with Gasteiger partial charge in [0.15, 0.2) is 0 Å². The van der Waals surface area contributed by atoms with Crippen LogP contribution in [0.15, 0.2) is 53.2 Å². The molecule has 2 aromatic heterocycles. The van der Waals surface area contributed by atoms with E-state index < -0.39 is 0 Å². The molecule has 3 aromatic rings. The van der Waals surface area contributed by atoms with Crippen LogP contribution in [0.1, 0.15) is 50.1 Å². The lowest BCUT2D eigenvalue weighted by molar-refractivity contribution is -0.139. The van der Waals surface area contributed by atoms with Gasteiger partial charge >= 0.3 is 0 Å². The van der Waals surface area contributed by atoms with Gasteiger partial charge in [-0.25, -0.2) is 0 Å². The molecule has 5 rings (SSSR count). The Morgan fingerprint density at radius 2 is 1.84 bits per heavy atom. The third-order valence-corrected chi connectivity index (χ3v) is 8.34. The average molecular weight is 451 g/mol. The summed E-state index contributed by atoms with van der Waals surface area (Å²) in [6.45, 7) is 4.00. The number of hydrogen-bond donors (Lipinski definition) is 0. The number of carbonyl (C=O) groups is 2. The Morgan fingerprint density at radius 3 is 2.61 bits per heavy atom. The topological polar surface area (TPSA) is 40.6 Å². The molecule has 0 aliphatic carbocycles. The van der Waals surface area contributed by atoms with E-state index in [1.165, 1.54) is 15.3 Å². The van der Waals surface area contributed by atoms with Gasteiger partial charge in [-0.2, -0.15) is 0 Å². The maximum atomic E-state index is 13.7.